The van der Waals surface area contributed by atoms with Gasteiger partial charge in [-0.2, -0.15) is 0 Å². The van der Waals surface area contributed by atoms with Crippen LogP contribution in [0.4, 0.5) is 0 Å². The highest BCUT2D eigenvalue weighted by atomic mass is 35.5. The number of nitrogens with zero attached hydrogens (tertiary/aromatic N) is 2. The van der Waals surface area contributed by atoms with Gasteiger partial charge >= 0.3 is 0 Å². The van der Waals surface area contributed by atoms with E-state index in [1.807, 2.05) is 0 Å². The first-order chi connectivity index (χ1) is 11.1. The largest absolute Gasteiger partial charge is 0.369 e. The molecule has 0 aromatic heterocycles. The quantitative estimate of drug-likeness (QED) is 0.844. The number of benzene rings is 1. The Morgan fingerprint density at radius 3 is 2.36 bits per heavy atom. The summed E-state index contributed by atoms with van der Waals surface area (Å²) in [6.07, 6.45) is 6.41. The molecule has 2 fully saturated rings. The Hall–Kier alpha value is -0.810. The van der Waals surface area contributed by atoms with E-state index in [4.69, 9.17) is 5.73 Å². The van der Waals surface area contributed by atoms with E-state index in [1.54, 1.807) is 0 Å². The predicted octanol–water partition coefficient (Wildman–Crippen LogP) is 2.88. The van der Waals surface area contributed by atoms with Crippen molar-refractivity contribution in [2.75, 3.05) is 26.2 Å². The average molecular weight is 388 g/mol. The molecule has 2 aliphatic rings. The van der Waals surface area contributed by atoms with Gasteiger partial charge in [-0.05, 0) is 31.7 Å². The van der Waals surface area contributed by atoms with Gasteiger partial charge in [-0.25, -0.2) is 0 Å². The maximum absolute atomic E-state index is 11.2. The zero-order chi connectivity index (χ0) is 16.3. The summed E-state index contributed by atoms with van der Waals surface area (Å²) >= 11 is 0. The third-order valence-corrected chi connectivity index (χ3v) is 5.71. The molecule has 6 heteroatoms. The van der Waals surface area contributed by atoms with Crippen LogP contribution in [-0.4, -0.2) is 53.5 Å². The lowest BCUT2D eigenvalue weighted by molar-refractivity contribution is -0.120. The number of rotatable bonds is 5. The van der Waals surface area contributed by atoms with Gasteiger partial charge in [0.1, 0.15) is 0 Å². The lowest BCUT2D eigenvalue weighted by Crippen LogP contribution is -2.60. The number of carbonyl (C=O) groups excluding carboxylic acids is 1. The summed E-state index contributed by atoms with van der Waals surface area (Å²) < 4.78 is 0. The van der Waals surface area contributed by atoms with Gasteiger partial charge in [0.25, 0.3) is 0 Å². The molecule has 1 unspecified atom stereocenters. The first-order valence-electron chi connectivity index (χ1n) is 8.90. The van der Waals surface area contributed by atoms with Gasteiger partial charge < -0.3 is 5.73 Å². The molecule has 1 atom stereocenters. The van der Waals surface area contributed by atoms with Crippen LogP contribution in [0.15, 0.2) is 30.3 Å². The number of halogens is 2. The van der Waals surface area contributed by atoms with Gasteiger partial charge in [0, 0.05) is 31.2 Å². The first kappa shape index (κ1) is 22.2. The second kappa shape index (κ2) is 9.77. The van der Waals surface area contributed by atoms with Crippen LogP contribution in [0.25, 0.3) is 0 Å². The Kier molecular flexibility index (Phi) is 8.69. The number of nitrogens with two attached hydrogens (primary N) is 1. The number of hydrogen-bond donors (Lipinski definition) is 1. The fourth-order valence-electron chi connectivity index (χ4n) is 4.47. The van der Waals surface area contributed by atoms with Crippen LogP contribution >= 0.6 is 24.8 Å². The molecule has 142 valence electrons. The molecule has 1 amide bonds. The molecule has 25 heavy (non-hydrogen) atoms. The van der Waals surface area contributed by atoms with E-state index < -0.39 is 0 Å². The second-order valence-electron chi connectivity index (χ2n) is 7.33. The number of hydrogen-bond acceptors (Lipinski definition) is 3. The molecule has 1 saturated heterocycles. The highest BCUT2D eigenvalue weighted by molar-refractivity contribution is 5.85. The Balaban J connectivity index is 0.00000156. The minimum Gasteiger partial charge on any atom is -0.369 e. The molecule has 1 heterocycles. The van der Waals surface area contributed by atoms with Gasteiger partial charge in [0.05, 0.1) is 6.54 Å². The maximum atomic E-state index is 11.2. The molecular formula is C19H31Cl2N3O. The molecule has 2 N–H and O–H groups in total. The van der Waals surface area contributed by atoms with E-state index in [2.05, 4.69) is 47.1 Å². The summed E-state index contributed by atoms with van der Waals surface area (Å²) in [7, 11) is 0. The Morgan fingerprint density at radius 1 is 1.16 bits per heavy atom. The number of amides is 1. The van der Waals surface area contributed by atoms with Crippen molar-refractivity contribution < 1.29 is 4.79 Å². The molecule has 1 aromatic rings. The van der Waals surface area contributed by atoms with Gasteiger partial charge in [-0.3, -0.25) is 14.6 Å². The smallest absolute Gasteiger partial charge is 0.231 e. The minimum atomic E-state index is -0.217. The minimum absolute atomic E-state index is 0. The molecule has 4 nitrogen and oxygen atoms in total. The highest BCUT2D eigenvalue weighted by Gasteiger charge is 2.42. The molecule has 1 aliphatic heterocycles. The third kappa shape index (κ3) is 5.33. The summed E-state index contributed by atoms with van der Waals surface area (Å²) in [6.45, 7) is 5.65. The Morgan fingerprint density at radius 2 is 1.80 bits per heavy atom. The number of piperazine rings is 1. The lowest BCUT2D eigenvalue weighted by Gasteiger charge is -2.48. The van der Waals surface area contributed by atoms with Gasteiger partial charge in [-0.1, -0.05) is 43.2 Å². The zero-order valence-electron chi connectivity index (χ0n) is 15.0. The number of primary amides is 1. The van der Waals surface area contributed by atoms with Crippen molar-refractivity contribution in [2.24, 2.45) is 5.73 Å². The van der Waals surface area contributed by atoms with Crippen molar-refractivity contribution in [3.8, 4) is 0 Å². The van der Waals surface area contributed by atoms with Crippen LogP contribution in [-0.2, 0) is 11.2 Å². The highest BCUT2D eigenvalue weighted by Crippen LogP contribution is 2.39. The predicted molar refractivity (Wildman–Crippen MR) is 108 cm³/mol. The average Bonchev–Trinajstić information content (AvgIpc) is 2.99. The Labute approximate surface area is 163 Å². The molecule has 1 aromatic carbocycles. The third-order valence-electron chi connectivity index (χ3n) is 5.71. The zero-order valence-corrected chi connectivity index (χ0v) is 16.7. The van der Waals surface area contributed by atoms with E-state index in [9.17, 15) is 4.79 Å². The van der Waals surface area contributed by atoms with Crippen LogP contribution in [0.5, 0.6) is 0 Å². The van der Waals surface area contributed by atoms with Crippen molar-refractivity contribution in [1.29, 1.82) is 0 Å². The van der Waals surface area contributed by atoms with Gasteiger partial charge in [0.2, 0.25) is 5.91 Å². The summed E-state index contributed by atoms with van der Waals surface area (Å²) in [5.41, 5.74) is 7.14. The molecule has 0 spiro atoms. The van der Waals surface area contributed by atoms with Crippen molar-refractivity contribution in [3.63, 3.8) is 0 Å². The fraction of sp³-hybridized carbons (Fsp3) is 0.632. The molecule has 1 saturated carbocycles. The normalized spacial score (nSPS) is 23.5. The fourth-order valence-corrected chi connectivity index (χ4v) is 4.47. The molecule has 0 radical (unpaired) electrons. The van der Waals surface area contributed by atoms with E-state index in [0.717, 1.165) is 26.1 Å². The maximum Gasteiger partial charge on any atom is 0.231 e. The van der Waals surface area contributed by atoms with Crippen molar-refractivity contribution >= 4 is 30.7 Å². The number of carbonyl (C=O) groups is 1. The lowest BCUT2D eigenvalue weighted by atomic mass is 9.86. The summed E-state index contributed by atoms with van der Waals surface area (Å²) in [5, 5.41) is 0. The Bertz CT molecular complexity index is 535. The topological polar surface area (TPSA) is 49.6 Å². The molecular weight excluding hydrogens is 357 g/mol. The van der Waals surface area contributed by atoms with Crippen LogP contribution in [0.1, 0.15) is 38.2 Å². The van der Waals surface area contributed by atoms with Crippen LogP contribution in [0, 0.1) is 0 Å². The van der Waals surface area contributed by atoms with E-state index in [0.29, 0.717) is 18.1 Å². The van der Waals surface area contributed by atoms with Crippen LogP contribution < -0.4 is 5.73 Å². The SMILES string of the molecule is CC1CN(C2(Cc3ccccc3)CCCC2)CCN1CC(N)=O.Cl.Cl. The summed E-state index contributed by atoms with van der Waals surface area (Å²) in [6, 6.07) is 11.3. The molecule has 1 aliphatic carbocycles. The standard InChI is InChI=1S/C19H29N3O.2ClH/c1-16-14-22(12-11-21(16)15-18(20)23)19(9-5-6-10-19)13-17-7-3-2-4-8-17;;/h2-4,7-8,16H,5-6,9-15H2,1H3,(H2,20,23);2*1H. The summed E-state index contributed by atoms with van der Waals surface area (Å²) in [5.74, 6) is -0.217. The summed E-state index contributed by atoms with van der Waals surface area (Å²) in [4.78, 5) is 16.2. The van der Waals surface area contributed by atoms with Crippen molar-refractivity contribution in [1.82, 2.24) is 9.80 Å². The van der Waals surface area contributed by atoms with Crippen LogP contribution in [0.2, 0.25) is 0 Å². The molecule has 0 bridgehead atoms. The van der Waals surface area contributed by atoms with Gasteiger partial charge in [-0.15, -0.1) is 24.8 Å². The van der Waals surface area contributed by atoms with E-state index in [1.165, 1.54) is 31.2 Å². The first-order valence-corrected chi connectivity index (χ1v) is 8.90. The van der Waals surface area contributed by atoms with Gasteiger partial charge in [0.15, 0.2) is 0 Å². The van der Waals surface area contributed by atoms with Crippen molar-refractivity contribution in [3.05, 3.63) is 35.9 Å². The van der Waals surface area contributed by atoms with E-state index in [-0.39, 0.29) is 30.7 Å². The molecule has 3 rings (SSSR count). The monoisotopic (exact) mass is 387 g/mol. The second-order valence-corrected chi connectivity index (χ2v) is 7.33. The van der Waals surface area contributed by atoms with E-state index >= 15 is 0 Å². The van der Waals surface area contributed by atoms with Crippen LogP contribution in [0.3, 0.4) is 0 Å². The van der Waals surface area contributed by atoms with Crippen molar-refractivity contribution in [2.45, 2.75) is 50.6 Å².